The molecule has 17 heavy (non-hydrogen) atoms. The molecule has 4 nitrogen and oxygen atoms in total. The lowest BCUT2D eigenvalue weighted by Gasteiger charge is -2.13. The van der Waals surface area contributed by atoms with E-state index in [0.717, 1.165) is 24.4 Å². The molecule has 0 aliphatic heterocycles. The van der Waals surface area contributed by atoms with Crippen molar-refractivity contribution in [3.63, 3.8) is 0 Å². The maximum atomic E-state index is 5.90. The van der Waals surface area contributed by atoms with Crippen molar-refractivity contribution < 1.29 is 4.52 Å². The molecule has 0 amide bonds. The molecule has 0 fully saturated rings. The summed E-state index contributed by atoms with van der Waals surface area (Å²) in [6.07, 6.45) is 2.09. The zero-order chi connectivity index (χ0) is 12.8. The highest BCUT2D eigenvalue weighted by Crippen LogP contribution is 2.23. The van der Waals surface area contributed by atoms with Crippen molar-refractivity contribution in [2.45, 2.75) is 63.5 Å². The molecule has 0 saturated heterocycles. The van der Waals surface area contributed by atoms with E-state index >= 15 is 0 Å². The van der Waals surface area contributed by atoms with Crippen molar-refractivity contribution in [3.05, 3.63) is 11.7 Å². The van der Waals surface area contributed by atoms with Gasteiger partial charge in [0.2, 0.25) is 5.89 Å². The first kappa shape index (κ1) is 14.5. The Balaban J connectivity index is 2.58. The van der Waals surface area contributed by atoms with Gasteiger partial charge in [-0.2, -0.15) is 16.7 Å². The van der Waals surface area contributed by atoms with Crippen LogP contribution in [0.4, 0.5) is 0 Å². The predicted octanol–water partition coefficient (Wildman–Crippen LogP) is 2.94. The molecule has 3 unspecified atom stereocenters. The smallest absolute Gasteiger partial charge is 0.231 e. The summed E-state index contributed by atoms with van der Waals surface area (Å²) < 4.78 is 5.29. The van der Waals surface area contributed by atoms with Crippen LogP contribution in [0, 0.1) is 0 Å². The van der Waals surface area contributed by atoms with E-state index in [2.05, 4.69) is 30.9 Å². The second-order valence-corrected chi connectivity index (χ2v) is 5.88. The molecule has 0 aromatic carbocycles. The molecule has 0 saturated carbocycles. The molecule has 0 radical (unpaired) electrons. The molecule has 0 spiro atoms. The monoisotopic (exact) mass is 257 g/mol. The van der Waals surface area contributed by atoms with E-state index in [1.807, 2.05) is 18.7 Å². The van der Waals surface area contributed by atoms with Crippen LogP contribution in [-0.4, -0.2) is 21.4 Å². The highest BCUT2D eigenvalue weighted by molar-refractivity contribution is 7.99. The van der Waals surface area contributed by atoms with Gasteiger partial charge in [0.05, 0.1) is 11.7 Å². The molecular formula is C12H23N3OS. The summed E-state index contributed by atoms with van der Waals surface area (Å²) in [4.78, 5) is 4.43. The molecule has 1 heterocycles. The largest absolute Gasteiger partial charge is 0.339 e. The number of rotatable bonds is 7. The van der Waals surface area contributed by atoms with E-state index in [9.17, 15) is 0 Å². The van der Waals surface area contributed by atoms with E-state index < -0.39 is 0 Å². The van der Waals surface area contributed by atoms with Crippen molar-refractivity contribution in [3.8, 4) is 0 Å². The van der Waals surface area contributed by atoms with Crippen molar-refractivity contribution in [2.75, 3.05) is 0 Å². The number of aromatic nitrogens is 2. The predicted molar refractivity (Wildman–Crippen MR) is 72.0 cm³/mol. The minimum atomic E-state index is 0.0514. The zero-order valence-corrected chi connectivity index (χ0v) is 12.0. The summed E-state index contributed by atoms with van der Waals surface area (Å²) in [7, 11) is 0. The Morgan fingerprint density at radius 2 is 2.00 bits per heavy atom. The molecule has 1 rings (SSSR count). The molecule has 0 aliphatic carbocycles. The van der Waals surface area contributed by atoms with Crippen LogP contribution in [0.25, 0.3) is 0 Å². The molecule has 0 bridgehead atoms. The second-order valence-electron chi connectivity index (χ2n) is 4.45. The van der Waals surface area contributed by atoms with E-state index in [1.54, 1.807) is 0 Å². The average molecular weight is 257 g/mol. The number of thioether (sulfide) groups is 1. The van der Waals surface area contributed by atoms with Crippen LogP contribution < -0.4 is 5.73 Å². The Bertz CT molecular complexity index is 327. The van der Waals surface area contributed by atoms with E-state index in [0.29, 0.717) is 11.1 Å². The van der Waals surface area contributed by atoms with Gasteiger partial charge in [-0.3, -0.25) is 0 Å². The summed E-state index contributed by atoms with van der Waals surface area (Å²) in [5.41, 5.74) is 5.90. The first-order valence-electron chi connectivity index (χ1n) is 6.28. The minimum absolute atomic E-state index is 0.0514. The molecule has 1 aromatic heterocycles. The Kier molecular flexibility index (Phi) is 5.98. The number of hydrogen-bond acceptors (Lipinski definition) is 5. The van der Waals surface area contributed by atoms with E-state index in [1.165, 1.54) is 0 Å². The average Bonchev–Trinajstić information content (AvgIpc) is 2.75. The molecule has 1 aromatic rings. The van der Waals surface area contributed by atoms with Gasteiger partial charge in [-0.15, -0.1) is 0 Å². The van der Waals surface area contributed by atoms with Gasteiger partial charge in [0, 0.05) is 11.3 Å². The van der Waals surface area contributed by atoms with Crippen molar-refractivity contribution >= 4 is 11.8 Å². The normalized spacial score (nSPS) is 16.8. The summed E-state index contributed by atoms with van der Waals surface area (Å²) in [6, 6.07) is 0.0514. The third-order valence-electron chi connectivity index (χ3n) is 2.95. The Morgan fingerprint density at radius 3 is 2.53 bits per heavy atom. The van der Waals surface area contributed by atoms with Gasteiger partial charge in [-0.25, -0.2) is 0 Å². The summed E-state index contributed by atoms with van der Waals surface area (Å²) in [5, 5.41) is 4.64. The van der Waals surface area contributed by atoms with Gasteiger partial charge in [-0.05, 0) is 19.8 Å². The fourth-order valence-corrected chi connectivity index (χ4v) is 2.37. The third kappa shape index (κ3) is 4.32. The SMILES string of the molecule is CCC(C)SCc1noc(C(CC)C(C)N)n1. The summed E-state index contributed by atoms with van der Waals surface area (Å²) in [6.45, 7) is 8.46. The Labute approximate surface area is 108 Å². The van der Waals surface area contributed by atoms with Gasteiger partial charge in [0.25, 0.3) is 0 Å². The lowest BCUT2D eigenvalue weighted by Crippen LogP contribution is -2.24. The lowest BCUT2D eigenvalue weighted by molar-refractivity contribution is 0.331. The van der Waals surface area contributed by atoms with E-state index in [-0.39, 0.29) is 12.0 Å². The van der Waals surface area contributed by atoms with Crippen molar-refractivity contribution in [1.29, 1.82) is 0 Å². The molecule has 2 N–H and O–H groups in total. The van der Waals surface area contributed by atoms with Crippen molar-refractivity contribution in [1.82, 2.24) is 10.1 Å². The van der Waals surface area contributed by atoms with Crippen LogP contribution in [0.1, 0.15) is 58.2 Å². The van der Waals surface area contributed by atoms with Gasteiger partial charge >= 0.3 is 0 Å². The van der Waals surface area contributed by atoms with Crippen LogP contribution in [0.2, 0.25) is 0 Å². The second kappa shape index (κ2) is 7.01. The third-order valence-corrected chi connectivity index (χ3v) is 4.27. The maximum absolute atomic E-state index is 5.90. The Morgan fingerprint density at radius 1 is 1.29 bits per heavy atom. The number of nitrogens with zero attached hydrogens (tertiary/aromatic N) is 2. The quantitative estimate of drug-likeness (QED) is 0.813. The topological polar surface area (TPSA) is 64.9 Å². The first-order valence-corrected chi connectivity index (χ1v) is 7.32. The minimum Gasteiger partial charge on any atom is -0.339 e. The summed E-state index contributed by atoms with van der Waals surface area (Å²) in [5.74, 6) is 2.45. The fourth-order valence-electron chi connectivity index (χ4n) is 1.58. The van der Waals surface area contributed by atoms with Gasteiger partial charge < -0.3 is 10.3 Å². The van der Waals surface area contributed by atoms with Crippen molar-refractivity contribution in [2.24, 2.45) is 5.73 Å². The molecule has 0 aliphatic rings. The van der Waals surface area contributed by atoms with Gasteiger partial charge in [0.1, 0.15) is 0 Å². The van der Waals surface area contributed by atoms with Crippen LogP contribution in [0.15, 0.2) is 4.52 Å². The fraction of sp³-hybridized carbons (Fsp3) is 0.833. The maximum Gasteiger partial charge on any atom is 0.231 e. The van der Waals surface area contributed by atoms with Gasteiger partial charge in [0.15, 0.2) is 5.82 Å². The molecule has 3 atom stereocenters. The standard InChI is InChI=1S/C12H23N3OS/c1-5-8(3)17-7-11-14-12(16-15-11)10(6-2)9(4)13/h8-10H,5-7,13H2,1-4H3. The van der Waals surface area contributed by atoms with Gasteiger partial charge in [-0.1, -0.05) is 25.9 Å². The first-order chi connectivity index (χ1) is 8.08. The zero-order valence-electron chi connectivity index (χ0n) is 11.1. The molecule has 98 valence electrons. The molecule has 5 heteroatoms. The highest BCUT2D eigenvalue weighted by atomic mass is 32.2. The van der Waals surface area contributed by atoms with Crippen LogP contribution in [0.3, 0.4) is 0 Å². The lowest BCUT2D eigenvalue weighted by atomic mass is 9.99. The summed E-state index contributed by atoms with van der Waals surface area (Å²) >= 11 is 1.85. The number of hydrogen-bond donors (Lipinski definition) is 1. The van der Waals surface area contributed by atoms with Crippen LogP contribution in [0.5, 0.6) is 0 Å². The van der Waals surface area contributed by atoms with Crippen LogP contribution >= 0.6 is 11.8 Å². The highest BCUT2D eigenvalue weighted by Gasteiger charge is 2.21. The molecular weight excluding hydrogens is 234 g/mol. The van der Waals surface area contributed by atoms with E-state index in [4.69, 9.17) is 10.3 Å². The van der Waals surface area contributed by atoms with Crippen LogP contribution in [-0.2, 0) is 5.75 Å². The Hall–Kier alpha value is -0.550. The number of nitrogens with two attached hydrogens (primary N) is 1.